The monoisotopic (exact) mass is 374 g/mol. The number of fused-ring (bicyclic) bond motifs is 1. The molecule has 2 aromatic carbocycles. The van der Waals surface area contributed by atoms with Crippen LogP contribution in [0.4, 0.5) is 8.78 Å². The lowest BCUT2D eigenvalue weighted by Crippen LogP contribution is -2.07. The van der Waals surface area contributed by atoms with Gasteiger partial charge in [-0.1, -0.05) is 12.1 Å². The molecule has 142 valence electrons. The first-order chi connectivity index (χ1) is 13.0. The Bertz CT molecular complexity index is 879. The lowest BCUT2D eigenvalue weighted by molar-refractivity contribution is -0.144. The van der Waals surface area contributed by atoms with Crippen LogP contribution in [0.1, 0.15) is 48.5 Å². The zero-order chi connectivity index (χ0) is 19.1. The standard InChI is InChI=1S/C21H20F2O4/c1-2-26-21(25)15-9-14(15)11-3-5-12(6-4-11)27-18-8-7-13-19(18)16(22)10-17(23)20(13)24/h3-6,10,14-15,18,24H,2,7-9H2,1H3/t14-,15+,18-/m1/s1. The SMILES string of the molecule is CCOC(=O)[C@H]1C[C@@H]1c1ccc(O[C@@H]2CCc3c(O)c(F)cc(F)c32)cc1. The highest BCUT2D eigenvalue weighted by Crippen LogP contribution is 2.48. The van der Waals surface area contributed by atoms with Crippen LogP contribution in [0, 0.1) is 17.6 Å². The van der Waals surface area contributed by atoms with Gasteiger partial charge in [0.15, 0.2) is 11.6 Å². The van der Waals surface area contributed by atoms with Crippen molar-refractivity contribution in [1.82, 2.24) is 0 Å². The Hall–Kier alpha value is -2.63. The Morgan fingerprint density at radius 3 is 2.67 bits per heavy atom. The van der Waals surface area contributed by atoms with Gasteiger partial charge in [0.2, 0.25) is 0 Å². The summed E-state index contributed by atoms with van der Waals surface area (Å²) in [7, 11) is 0. The summed E-state index contributed by atoms with van der Waals surface area (Å²) in [5.41, 5.74) is 1.55. The van der Waals surface area contributed by atoms with Crippen LogP contribution in [0.5, 0.6) is 11.5 Å². The number of esters is 1. The maximum Gasteiger partial charge on any atom is 0.309 e. The summed E-state index contributed by atoms with van der Waals surface area (Å²) in [5.74, 6) is -1.65. The van der Waals surface area contributed by atoms with Crippen LogP contribution in [-0.4, -0.2) is 17.7 Å². The summed E-state index contributed by atoms with van der Waals surface area (Å²) < 4.78 is 38.6. The van der Waals surface area contributed by atoms with Crippen molar-refractivity contribution in [1.29, 1.82) is 0 Å². The molecular weight excluding hydrogens is 354 g/mol. The molecule has 2 aliphatic carbocycles. The van der Waals surface area contributed by atoms with Gasteiger partial charge in [-0.15, -0.1) is 0 Å². The number of halogens is 2. The van der Waals surface area contributed by atoms with E-state index in [0.29, 0.717) is 31.3 Å². The lowest BCUT2D eigenvalue weighted by Gasteiger charge is -2.16. The number of phenolic OH excluding ortho intramolecular Hbond substituents is 1. The van der Waals surface area contributed by atoms with Crippen LogP contribution in [0.25, 0.3) is 0 Å². The molecule has 0 amide bonds. The smallest absolute Gasteiger partial charge is 0.309 e. The van der Waals surface area contributed by atoms with Crippen molar-refractivity contribution < 1.29 is 28.2 Å². The average molecular weight is 374 g/mol. The molecule has 0 unspecified atom stereocenters. The molecule has 27 heavy (non-hydrogen) atoms. The number of hydrogen-bond donors (Lipinski definition) is 1. The summed E-state index contributed by atoms with van der Waals surface area (Å²) >= 11 is 0. The van der Waals surface area contributed by atoms with E-state index in [0.717, 1.165) is 12.0 Å². The van der Waals surface area contributed by atoms with Crippen molar-refractivity contribution in [2.45, 2.75) is 38.2 Å². The van der Waals surface area contributed by atoms with E-state index in [1.165, 1.54) is 0 Å². The van der Waals surface area contributed by atoms with E-state index in [1.807, 2.05) is 12.1 Å². The third-order valence-corrected chi connectivity index (χ3v) is 5.29. The van der Waals surface area contributed by atoms with Crippen molar-refractivity contribution in [2.75, 3.05) is 6.61 Å². The van der Waals surface area contributed by atoms with Crippen molar-refractivity contribution in [3.05, 3.63) is 58.7 Å². The molecular formula is C21H20F2O4. The normalized spacial score (nSPS) is 23.0. The van der Waals surface area contributed by atoms with Crippen molar-refractivity contribution in [3.8, 4) is 11.5 Å². The topological polar surface area (TPSA) is 55.8 Å². The first-order valence-electron chi connectivity index (χ1n) is 9.12. The van der Waals surface area contributed by atoms with Crippen LogP contribution in [0.2, 0.25) is 0 Å². The summed E-state index contributed by atoms with van der Waals surface area (Å²) in [5, 5.41) is 9.80. The zero-order valence-electron chi connectivity index (χ0n) is 14.9. The van der Waals surface area contributed by atoms with Gasteiger partial charge in [-0.25, -0.2) is 8.78 Å². The number of carbonyl (C=O) groups is 1. The number of hydrogen-bond acceptors (Lipinski definition) is 4. The molecule has 6 heteroatoms. The summed E-state index contributed by atoms with van der Waals surface area (Å²) in [4.78, 5) is 11.8. The number of phenols is 1. The van der Waals surface area contributed by atoms with Gasteiger partial charge in [-0.05, 0) is 49.8 Å². The van der Waals surface area contributed by atoms with Crippen molar-refractivity contribution in [2.24, 2.45) is 5.92 Å². The van der Waals surface area contributed by atoms with Crippen LogP contribution < -0.4 is 4.74 Å². The Balaban J connectivity index is 1.46. The first kappa shape index (κ1) is 17.8. The molecule has 0 bridgehead atoms. The maximum atomic E-state index is 14.2. The summed E-state index contributed by atoms with van der Waals surface area (Å²) in [6.45, 7) is 2.17. The molecule has 3 atom stereocenters. The Kier molecular flexibility index (Phi) is 4.50. The molecule has 2 aromatic rings. The van der Waals surface area contributed by atoms with Gasteiger partial charge in [0.1, 0.15) is 17.7 Å². The minimum Gasteiger partial charge on any atom is -0.505 e. The summed E-state index contributed by atoms with van der Waals surface area (Å²) in [6.07, 6.45) is 1.05. The molecule has 0 spiro atoms. The van der Waals surface area contributed by atoms with Gasteiger partial charge in [0.05, 0.1) is 12.5 Å². The van der Waals surface area contributed by atoms with Crippen LogP contribution >= 0.6 is 0 Å². The van der Waals surface area contributed by atoms with E-state index in [-0.39, 0.29) is 28.9 Å². The van der Waals surface area contributed by atoms with Gasteiger partial charge >= 0.3 is 5.97 Å². The number of rotatable bonds is 5. The predicted molar refractivity (Wildman–Crippen MR) is 93.6 cm³/mol. The lowest BCUT2D eigenvalue weighted by atomic mass is 10.1. The van der Waals surface area contributed by atoms with Crippen molar-refractivity contribution >= 4 is 5.97 Å². The van der Waals surface area contributed by atoms with E-state index in [9.17, 15) is 18.7 Å². The molecule has 4 rings (SSSR count). The molecule has 0 radical (unpaired) electrons. The molecule has 0 aliphatic heterocycles. The third kappa shape index (κ3) is 3.24. The van der Waals surface area contributed by atoms with E-state index in [1.54, 1.807) is 19.1 Å². The second-order valence-electron chi connectivity index (χ2n) is 7.00. The highest BCUT2D eigenvalue weighted by Gasteiger charge is 2.45. The molecule has 0 heterocycles. The molecule has 1 N–H and O–H groups in total. The Morgan fingerprint density at radius 1 is 1.22 bits per heavy atom. The zero-order valence-corrected chi connectivity index (χ0v) is 14.9. The van der Waals surface area contributed by atoms with Crippen LogP contribution in [0.15, 0.2) is 30.3 Å². The largest absolute Gasteiger partial charge is 0.505 e. The fourth-order valence-corrected chi connectivity index (χ4v) is 3.84. The Morgan fingerprint density at radius 2 is 1.96 bits per heavy atom. The second-order valence-corrected chi connectivity index (χ2v) is 7.00. The fraction of sp³-hybridized carbons (Fsp3) is 0.381. The fourth-order valence-electron chi connectivity index (χ4n) is 3.84. The van der Waals surface area contributed by atoms with Gasteiger partial charge in [-0.3, -0.25) is 4.79 Å². The van der Waals surface area contributed by atoms with E-state index >= 15 is 0 Å². The molecule has 1 fully saturated rings. The minimum absolute atomic E-state index is 0.0783. The quantitative estimate of drug-likeness (QED) is 0.788. The highest BCUT2D eigenvalue weighted by atomic mass is 19.1. The van der Waals surface area contributed by atoms with Crippen molar-refractivity contribution in [3.63, 3.8) is 0 Å². The number of aromatic hydroxyl groups is 1. The molecule has 1 saturated carbocycles. The van der Waals surface area contributed by atoms with Gasteiger partial charge < -0.3 is 14.6 Å². The average Bonchev–Trinajstić information content (AvgIpc) is 3.34. The number of benzene rings is 2. The molecule has 0 saturated heterocycles. The van der Waals surface area contributed by atoms with E-state index < -0.39 is 23.5 Å². The number of ether oxygens (including phenoxy) is 2. The molecule has 0 aromatic heterocycles. The van der Waals surface area contributed by atoms with Crippen LogP contribution in [0.3, 0.4) is 0 Å². The number of carbonyl (C=O) groups excluding carboxylic acids is 1. The highest BCUT2D eigenvalue weighted by molar-refractivity contribution is 5.77. The van der Waals surface area contributed by atoms with E-state index in [2.05, 4.69) is 0 Å². The van der Waals surface area contributed by atoms with Gasteiger partial charge in [0, 0.05) is 17.2 Å². The maximum absolute atomic E-state index is 14.2. The van der Waals surface area contributed by atoms with Gasteiger partial charge in [0.25, 0.3) is 0 Å². The predicted octanol–water partition coefficient (Wildman–Crippen LogP) is 4.40. The third-order valence-electron chi connectivity index (χ3n) is 5.29. The van der Waals surface area contributed by atoms with Gasteiger partial charge in [-0.2, -0.15) is 0 Å². The summed E-state index contributed by atoms with van der Waals surface area (Å²) in [6, 6.07) is 8.06. The first-order valence-corrected chi connectivity index (χ1v) is 9.12. The Labute approximate surface area is 155 Å². The van der Waals surface area contributed by atoms with Crippen LogP contribution in [-0.2, 0) is 16.0 Å². The second kappa shape index (κ2) is 6.83. The molecule has 4 nitrogen and oxygen atoms in total. The molecule has 2 aliphatic rings. The van der Waals surface area contributed by atoms with E-state index in [4.69, 9.17) is 9.47 Å². The minimum atomic E-state index is -0.947.